The third-order valence-corrected chi connectivity index (χ3v) is 12.1. The summed E-state index contributed by atoms with van der Waals surface area (Å²) in [6.45, 7) is 39.7. The number of methoxy groups -OCH3 is 2. The van der Waals surface area contributed by atoms with Crippen LogP contribution in [0.1, 0.15) is 209 Å². The Morgan fingerprint density at radius 1 is 0.576 bits per heavy atom. The first-order valence-electron chi connectivity index (χ1n) is 22.5. The molecule has 0 amide bonds. The van der Waals surface area contributed by atoms with Crippen molar-refractivity contribution in [3.05, 3.63) is 110 Å². The molecule has 0 N–H and O–H groups in total. The molecule has 0 radical (unpaired) electrons. The van der Waals surface area contributed by atoms with Crippen molar-refractivity contribution in [3.8, 4) is 33.8 Å². The van der Waals surface area contributed by atoms with Crippen molar-refractivity contribution in [2.24, 2.45) is 5.92 Å². The predicted molar refractivity (Wildman–Crippen MR) is 257 cm³/mol. The average molecular weight is 799 g/mol. The van der Waals surface area contributed by atoms with E-state index in [2.05, 4.69) is 158 Å². The molecule has 0 saturated heterocycles. The molecule has 0 aromatic heterocycles. The van der Waals surface area contributed by atoms with Gasteiger partial charge < -0.3 is 9.47 Å². The van der Waals surface area contributed by atoms with Crippen molar-refractivity contribution in [3.63, 3.8) is 0 Å². The van der Waals surface area contributed by atoms with Crippen molar-refractivity contribution >= 4 is 11.9 Å². The Morgan fingerprint density at radius 3 is 1.31 bits per heavy atom. The van der Waals surface area contributed by atoms with E-state index in [0.29, 0.717) is 23.7 Å². The van der Waals surface area contributed by atoms with Gasteiger partial charge in [0, 0.05) is 33.7 Å². The molecule has 4 aromatic carbocycles. The van der Waals surface area contributed by atoms with E-state index in [1.165, 1.54) is 61.2 Å². The maximum atomic E-state index is 13.0. The molecule has 0 bridgehead atoms. The van der Waals surface area contributed by atoms with Gasteiger partial charge in [-0.1, -0.05) is 166 Å². The van der Waals surface area contributed by atoms with E-state index in [-0.39, 0.29) is 22.5 Å². The second-order valence-corrected chi connectivity index (χ2v) is 20.3. The smallest absolute Gasteiger partial charge is 0.166 e. The summed E-state index contributed by atoms with van der Waals surface area (Å²) in [6.07, 6.45) is 4.14. The molecule has 1 atom stereocenters. The number of carbonyl (C=O) groups is 1. The molecule has 6 rings (SSSR count). The Bertz CT molecular complexity index is 2120. The summed E-state index contributed by atoms with van der Waals surface area (Å²) in [7, 11) is 3.59. The summed E-state index contributed by atoms with van der Waals surface area (Å²) >= 11 is 0. The zero-order valence-electron chi connectivity index (χ0n) is 40.7. The van der Waals surface area contributed by atoms with Crippen LogP contribution in [0.4, 0.5) is 0 Å². The molecular formula is C56H78O3. The van der Waals surface area contributed by atoms with Crippen LogP contribution in [-0.4, -0.2) is 20.0 Å². The van der Waals surface area contributed by atoms with Gasteiger partial charge in [0.1, 0.15) is 11.5 Å². The van der Waals surface area contributed by atoms with Gasteiger partial charge in [0.25, 0.3) is 0 Å². The Hall–Kier alpha value is -4.11. The molecule has 1 unspecified atom stereocenters. The Morgan fingerprint density at radius 2 is 0.949 bits per heavy atom. The van der Waals surface area contributed by atoms with E-state index in [1.807, 2.05) is 27.9 Å². The SMILES string of the molecule is CC.COc1c(C(C)(C)C)cc2c(c1-c1cc(C(C)C)cc(C(C)C)c1)CC(C)=C2.COc1c(C(C)(C)C)cc2c(c1-c1cc(C(C)C)cc(C(C)C)c1)CC(C)C2=O. The lowest BCUT2D eigenvalue weighted by molar-refractivity contribution is 0.0946. The quantitative estimate of drug-likeness (QED) is 0.178. The average Bonchev–Trinajstić information content (AvgIpc) is 3.69. The van der Waals surface area contributed by atoms with E-state index in [9.17, 15) is 4.79 Å². The van der Waals surface area contributed by atoms with E-state index in [4.69, 9.17) is 9.47 Å². The topological polar surface area (TPSA) is 35.5 Å². The molecule has 0 fully saturated rings. The molecule has 2 aliphatic carbocycles. The van der Waals surface area contributed by atoms with Gasteiger partial charge in [0.15, 0.2) is 5.78 Å². The zero-order valence-corrected chi connectivity index (χ0v) is 40.7. The standard InChI is InChI=1S/C27H36O2.C27H36O.C2H6/c1-15(2)18-11-19(16(3)4)13-20(12-18)24-21-10-17(5)25(28)22(21)14-23(26(24)29-9)27(6,7)8;1-16(2)19-12-20(17(3)4)14-22(13-19)25-23-11-18(5)10-21(23)15-24(26(25)28-9)27(6,7)8;1-2/h11-17H,10H2,1-9H3;10,12-17H,11H2,1-9H3;1-2H3. The molecule has 59 heavy (non-hydrogen) atoms. The van der Waals surface area contributed by atoms with Crippen LogP contribution in [0.15, 0.2) is 54.1 Å². The monoisotopic (exact) mass is 799 g/mol. The largest absolute Gasteiger partial charge is 0.496 e. The van der Waals surface area contributed by atoms with Crippen LogP contribution in [0, 0.1) is 5.92 Å². The molecule has 0 spiro atoms. The summed E-state index contributed by atoms with van der Waals surface area (Å²) in [5.74, 6) is 4.15. The van der Waals surface area contributed by atoms with Gasteiger partial charge in [0.2, 0.25) is 0 Å². The van der Waals surface area contributed by atoms with Crippen LogP contribution in [0.2, 0.25) is 0 Å². The van der Waals surface area contributed by atoms with Crippen LogP contribution < -0.4 is 9.47 Å². The zero-order chi connectivity index (χ0) is 44.5. The van der Waals surface area contributed by atoms with Crippen LogP contribution in [0.25, 0.3) is 28.3 Å². The summed E-state index contributed by atoms with van der Waals surface area (Å²) in [5, 5.41) is 0. The molecule has 3 heteroatoms. The number of hydrogen-bond donors (Lipinski definition) is 0. The highest BCUT2D eigenvalue weighted by molar-refractivity contribution is 6.05. The van der Waals surface area contributed by atoms with Crippen LogP contribution >= 0.6 is 0 Å². The molecule has 0 saturated carbocycles. The van der Waals surface area contributed by atoms with Gasteiger partial charge in [0.05, 0.1) is 14.2 Å². The molecule has 4 aromatic rings. The predicted octanol–water partition coefficient (Wildman–Crippen LogP) is 16.2. The van der Waals surface area contributed by atoms with Crippen LogP contribution in [0.5, 0.6) is 11.5 Å². The van der Waals surface area contributed by atoms with Gasteiger partial charge in [-0.3, -0.25) is 4.79 Å². The Balaban J connectivity index is 0.000000250. The number of allylic oxidation sites excluding steroid dienone is 1. The van der Waals surface area contributed by atoms with Crippen molar-refractivity contribution < 1.29 is 14.3 Å². The minimum Gasteiger partial charge on any atom is -0.496 e. The van der Waals surface area contributed by atoms with Gasteiger partial charge in [-0.05, 0) is 116 Å². The van der Waals surface area contributed by atoms with Gasteiger partial charge in [-0.2, -0.15) is 0 Å². The van der Waals surface area contributed by atoms with E-state index in [1.54, 1.807) is 7.11 Å². The first-order valence-corrected chi connectivity index (χ1v) is 22.5. The number of fused-ring (bicyclic) bond motifs is 2. The number of Topliss-reactive ketones (excluding diaryl/α,β-unsaturated/α-hetero) is 1. The van der Waals surface area contributed by atoms with Crippen LogP contribution in [0.3, 0.4) is 0 Å². The second kappa shape index (κ2) is 18.7. The number of benzene rings is 4. The Labute approximate surface area is 360 Å². The summed E-state index contributed by atoms with van der Waals surface area (Å²) in [6, 6.07) is 18.5. The third-order valence-electron chi connectivity index (χ3n) is 12.1. The van der Waals surface area contributed by atoms with Crippen molar-refractivity contribution in [1.82, 2.24) is 0 Å². The number of rotatable bonds is 8. The first-order chi connectivity index (χ1) is 27.5. The highest BCUT2D eigenvalue weighted by Gasteiger charge is 2.35. The lowest BCUT2D eigenvalue weighted by atomic mass is 9.80. The molecule has 0 heterocycles. The van der Waals surface area contributed by atoms with E-state index >= 15 is 0 Å². The number of hydrogen-bond acceptors (Lipinski definition) is 3. The number of carbonyl (C=O) groups excluding carboxylic acids is 1. The number of ether oxygens (including phenoxy) is 2. The summed E-state index contributed by atoms with van der Waals surface area (Å²) in [4.78, 5) is 13.0. The molecular weight excluding hydrogens is 721 g/mol. The van der Waals surface area contributed by atoms with E-state index in [0.717, 1.165) is 46.6 Å². The fraction of sp³-hybridized carbons (Fsp3) is 0.518. The molecule has 2 aliphatic rings. The van der Waals surface area contributed by atoms with Crippen molar-refractivity contribution in [2.45, 2.75) is 172 Å². The fourth-order valence-corrected chi connectivity index (χ4v) is 8.56. The third kappa shape index (κ3) is 10.1. The number of ketones is 1. The second-order valence-electron chi connectivity index (χ2n) is 20.3. The molecule has 0 aliphatic heterocycles. The minimum atomic E-state index is -0.113. The minimum absolute atomic E-state index is 0.0238. The highest BCUT2D eigenvalue weighted by atomic mass is 16.5. The maximum absolute atomic E-state index is 13.0. The molecule has 320 valence electrons. The van der Waals surface area contributed by atoms with Crippen LogP contribution in [-0.2, 0) is 23.7 Å². The van der Waals surface area contributed by atoms with Crippen molar-refractivity contribution in [2.75, 3.05) is 14.2 Å². The lowest BCUT2D eigenvalue weighted by Gasteiger charge is -2.27. The van der Waals surface area contributed by atoms with Gasteiger partial charge in [-0.25, -0.2) is 0 Å². The fourth-order valence-electron chi connectivity index (χ4n) is 8.56. The van der Waals surface area contributed by atoms with E-state index < -0.39 is 0 Å². The molecule has 3 nitrogen and oxygen atoms in total. The lowest BCUT2D eigenvalue weighted by Crippen LogP contribution is -2.15. The highest BCUT2D eigenvalue weighted by Crippen LogP contribution is 2.49. The first kappa shape index (κ1) is 47.6. The summed E-state index contributed by atoms with van der Waals surface area (Å²) < 4.78 is 12.1. The van der Waals surface area contributed by atoms with Crippen molar-refractivity contribution in [1.29, 1.82) is 0 Å². The Kier molecular flexibility index (Phi) is 15.0. The maximum Gasteiger partial charge on any atom is 0.166 e. The normalized spacial score (nSPS) is 14.9. The van der Waals surface area contributed by atoms with Gasteiger partial charge in [-0.15, -0.1) is 0 Å². The summed E-state index contributed by atoms with van der Waals surface area (Å²) in [5.41, 5.74) is 18.9. The van der Waals surface area contributed by atoms with Gasteiger partial charge >= 0.3 is 0 Å².